The molecule has 23 heavy (non-hydrogen) atoms. The smallest absolute Gasteiger partial charge is 0.261 e. The number of rotatable bonds is 6. The van der Waals surface area contributed by atoms with Gasteiger partial charge in [-0.3, -0.25) is 14.2 Å². The molecule has 0 saturated carbocycles. The van der Waals surface area contributed by atoms with Gasteiger partial charge in [0.15, 0.2) is 4.77 Å². The Morgan fingerprint density at radius 2 is 2.13 bits per heavy atom. The standard InChI is InChI=1S/C17H23N3O2S/c1-4-5-6-7-11(2)18-15(21)12-8-9-13-14(10-12)19-17(23)20(3)16(13)22/h8-11H,4-7H2,1-3H3,(H,18,21)(H,19,23)/t11-/m1/s1. The quantitative estimate of drug-likeness (QED) is 0.630. The number of H-pyrrole nitrogens is 1. The molecule has 124 valence electrons. The van der Waals surface area contributed by atoms with Crippen LogP contribution in [-0.2, 0) is 7.05 Å². The summed E-state index contributed by atoms with van der Waals surface area (Å²) in [4.78, 5) is 27.5. The first kappa shape index (κ1) is 17.4. The minimum absolute atomic E-state index is 0.129. The van der Waals surface area contributed by atoms with Crippen LogP contribution in [0.3, 0.4) is 0 Å². The molecular weight excluding hydrogens is 310 g/mol. The maximum atomic E-state index is 12.3. The topological polar surface area (TPSA) is 66.9 Å². The third-order valence-corrected chi connectivity index (χ3v) is 4.36. The van der Waals surface area contributed by atoms with Gasteiger partial charge in [0.2, 0.25) is 0 Å². The molecule has 1 heterocycles. The van der Waals surface area contributed by atoms with Crippen molar-refractivity contribution in [2.75, 3.05) is 0 Å². The minimum Gasteiger partial charge on any atom is -0.350 e. The summed E-state index contributed by atoms with van der Waals surface area (Å²) in [6, 6.07) is 5.15. The van der Waals surface area contributed by atoms with Gasteiger partial charge < -0.3 is 10.3 Å². The second-order valence-electron chi connectivity index (χ2n) is 5.92. The number of carbonyl (C=O) groups excluding carboxylic acids is 1. The van der Waals surface area contributed by atoms with Gasteiger partial charge in [-0.25, -0.2) is 0 Å². The number of nitrogens with one attached hydrogen (secondary N) is 2. The molecule has 0 saturated heterocycles. The highest BCUT2D eigenvalue weighted by molar-refractivity contribution is 7.71. The van der Waals surface area contributed by atoms with E-state index in [-0.39, 0.29) is 17.5 Å². The van der Waals surface area contributed by atoms with E-state index < -0.39 is 0 Å². The summed E-state index contributed by atoms with van der Waals surface area (Å²) in [5, 5.41) is 3.52. The van der Waals surface area contributed by atoms with Crippen LogP contribution in [0, 0.1) is 4.77 Å². The van der Waals surface area contributed by atoms with E-state index in [2.05, 4.69) is 17.2 Å². The number of unbranched alkanes of at least 4 members (excludes halogenated alkanes) is 2. The SMILES string of the molecule is CCCCC[C@@H](C)NC(=O)c1ccc2c(=O)n(C)c(=S)[nH]c2c1. The first-order valence-electron chi connectivity index (χ1n) is 7.98. The number of fused-ring (bicyclic) bond motifs is 1. The number of benzene rings is 1. The molecule has 1 aromatic heterocycles. The molecule has 0 unspecified atom stereocenters. The molecule has 0 spiro atoms. The van der Waals surface area contributed by atoms with Crippen molar-refractivity contribution in [2.24, 2.45) is 7.05 Å². The van der Waals surface area contributed by atoms with Crippen molar-refractivity contribution < 1.29 is 4.79 Å². The maximum absolute atomic E-state index is 12.3. The van der Waals surface area contributed by atoms with E-state index in [1.807, 2.05) is 6.92 Å². The van der Waals surface area contributed by atoms with E-state index >= 15 is 0 Å². The second kappa shape index (κ2) is 7.55. The molecule has 2 aromatic rings. The lowest BCUT2D eigenvalue weighted by atomic mass is 10.1. The fourth-order valence-corrected chi connectivity index (χ4v) is 2.72. The number of aromatic amines is 1. The lowest BCUT2D eigenvalue weighted by Crippen LogP contribution is -2.32. The van der Waals surface area contributed by atoms with Crippen LogP contribution in [0.15, 0.2) is 23.0 Å². The molecule has 0 aliphatic heterocycles. The van der Waals surface area contributed by atoms with Crippen LogP contribution < -0.4 is 10.9 Å². The van der Waals surface area contributed by atoms with Crippen LogP contribution in [0.1, 0.15) is 49.9 Å². The Kier molecular flexibility index (Phi) is 5.71. The van der Waals surface area contributed by atoms with Crippen LogP contribution in [0.5, 0.6) is 0 Å². The van der Waals surface area contributed by atoms with E-state index in [1.54, 1.807) is 25.2 Å². The molecule has 0 fully saturated rings. The van der Waals surface area contributed by atoms with Gasteiger partial charge in [-0.05, 0) is 43.8 Å². The monoisotopic (exact) mass is 333 g/mol. The van der Waals surface area contributed by atoms with Gasteiger partial charge in [0.25, 0.3) is 11.5 Å². The van der Waals surface area contributed by atoms with Crippen molar-refractivity contribution in [1.82, 2.24) is 14.9 Å². The van der Waals surface area contributed by atoms with E-state index in [0.29, 0.717) is 21.2 Å². The number of nitrogens with zero attached hydrogens (tertiary/aromatic N) is 1. The van der Waals surface area contributed by atoms with Gasteiger partial charge in [-0.1, -0.05) is 26.2 Å². The second-order valence-corrected chi connectivity index (χ2v) is 6.31. The summed E-state index contributed by atoms with van der Waals surface area (Å²) in [6.07, 6.45) is 4.42. The van der Waals surface area contributed by atoms with Crippen molar-refractivity contribution >= 4 is 29.0 Å². The zero-order valence-electron chi connectivity index (χ0n) is 13.8. The van der Waals surface area contributed by atoms with Crippen molar-refractivity contribution in [2.45, 2.75) is 45.6 Å². The Balaban J connectivity index is 2.20. The van der Waals surface area contributed by atoms with Crippen LogP contribution in [0.4, 0.5) is 0 Å². The Hall–Kier alpha value is -1.95. The van der Waals surface area contributed by atoms with Crippen molar-refractivity contribution in [1.29, 1.82) is 0 Å². The molecule has 0 bridgehead atoms. The molecular formula is C17H23N3O2S. The Morgan fingerprint density at radius 3 is 2.83 bits per heavy atom. The molecule has 0 radical (unpaired) electrons. The summed E-state index contributed by atoms with van der Waals surface area (Å²) < 4.78 is 1.72. The fourth-order valence-electron chi connectivity index (χ4n) is 2.53. The molecule has 1 amide bonds. The van der Waals surface area contributed by atoms with E-state index in [9.17, 15) is 9.59 Å². The van der Waals surface area contributed by atoms with Gasteiger partial charge in [-0.2, -0.15) is 0 Å². The Labute approximate surface area is 140 Å². The maximum Gasteiger partial charge on any atom is 0.261 e. The summed E-state index contributed by atoms with van der Waals surface area (Å²) >= 11 is 5.11. The van der Waals surface area contributed by atoms with Crippen LogP contribution in [-0.4, -0.2) is 21.5 Å². The average Bonchev–Trinajstić information content (AvgIpc) is 2.52. The predicted molar refractivity (Wildman–Crippen MR) is 95.4 cm³/mol. The summed E-state index contributed by atoms with van der Waals surface area (Å²) in [7, 11) is 1.62. The molecule has 2 rings (SSSR count). The van der Waals surface area contributed by atoms with Crippen molar-refractivity contribution in [3.63, 3.8) is 0 Å². The van der Waals surface area contributed by atoms with Gasteiger partial charge in [0, 0.05) is 18.7 Å². The van der Waals surface area contributed by atoms with Crippen molar-refractivity contribution in [3.8, 4) is 0 Å². The lowest BCUT2D eigenvalue weighted by molar-refractivity contribution is 0.0938. The first-order valence-corrected chi connectivity index (χ1v) is 8.38. The lowest BCUT2D eigenvalue weighted by Gasteiger charge is -2.14. The minimum atomic E-state index is -0.163. The number of hydrogen-bond acceptors (Lipinski definition) is 3. The summed E-state index contributed by atoms with van der Waals surface area (Å²) in [5.41, 5.74) is 0.951. The first-order chi connectivity index (χ1) is 10.9. The number of aromatic nitrogens is 2. The average molecular weight is 333 g/mol. The zero-order chi connectivity index (χ0) is 17.0. The largest absolute Gasteiger partial charge is 0.350 e. The highest BCUT2D eigenvalue weighted by Crippen LogP contribution is 2.11. The van der Waals surface area contributed by atoms with E-state index in [0.717, 1.165) is 12.8 Å². The highest BCUT2D eigenvalue weighted by atomic mass is 32.1. The van der Waals surface area contributed by atoms with E-state index in [1.165, 1.54) is 17.4 Å². The molecule has 0 aliphatic rings. The molecule has 1 atom stereocenters. The zero-order valence-corrected chi connectivity index (χ0v) is 14.6. The van der Waals surface area contributed by atoms with Gasteiger partial charge in [0.1, 0.15) is 0 Å². The fraction of sp³-hybridized carbons (Fsp3) is 0.471. The van der Waals surface area contributed by atoms with Crippen LogP contribution in [0.25, 0.3) is 10.9 Å². The molecule has 5 nitrogen and oxygen atoms in total. The number of hydrogen-bond donors (Lipinski definition) is 2. The number of carbonyl (C=O) groups is 1. The summed E-state index contributed by atoms with van der Waals surface area (Å²) in [5.74, 6) is -0.129. The molecule has 2 N–H and O–H groups in total. The van der Waals surface area contributed by atoms with E-state index in [4.69, 9.17) is 12.2 Å². The predicted octanol–water partition coefficient (Wildman–Crippen LogP) is 3.29. The molecule has 1 aromatic carbocycles. The molecule has 6 heteroatoms. The van der Waals surface area contributed by atoms with Crippen LogP contribution in [0.2, 0.25) is 0 Å². The summed E-state index contributed by atoms with van der Waals surface area (Å²) in [6.45, 7) is 4.17. The van der Waals surface area contributed by atoms with Gasteiger partial charge in [0.05, 0.1) is 10.9 Å². The van der Waals surface area contributed by atoms with Gasteiger partial charge >= 0.3 is 0 Å². The van der Waals surface area contributed by atoms with Crippen molar-refractivity contribution in [3.05, 3.63) is 38.9 Å². The Bertz CT molecular complexity index is 823. The highest BCUT2D eigenvalue weighted by Gasteiger charge is 2.11. The Morgan fingerprint density at radius 1 is 1.39 bits per heavy atom. The third kappa shape index (κ3) is 4.07. The number of amides is 1. The molecule has 0 aliphatic carbocycles. The normalized spacial score (nSPS) is 12.3. The third-order valence-electron chi connectivity index (χ3n) is 3.98. The van der Waals surface area contributed by atoms with Gasteiger partial charge in [-0.15, -0.1) is 0 Å². The van der Waals surface area contributed by atoms with Crippen LogP contribution >= 0.6 is 12.2 Å².